The zero-order valence-corrected chi connectivity index (χ0v) is 12.6. The number of benzene rings is 1. The SMILES string of the molecule is O=C1CCC(Nc2cc(F)c(C3CCNCC3)c(F)c2)C(=O)N1. The summed E-state index contributed by atoms with van der Waals surface area (Å²) < 4.78 is 28.7. The van der Waals surface area contributed by atoms with Crippen molar-refractivity contribution in [3.8, 4) is 0 Å². The van der Waals surface area contributed by atoms with Crippen LogP contribution in [0.1, 0.15) is 37.2 Å². The molecule has 2 fully saturated rings. The van der Waals surface area contributed by atoms with E-state index in [4.69, 9.17) is 0 Å². The molecule has 7 heteroatoms. The number of halogens is 2. The lowest BCUT2D eigenvalue weighted by atomic mass is 9.89. The van der Waals surface area contributed by atoms with Crippen LogP contribution in [0.15, 0.2) is 12.1 Å². The Kier molecular flexibility index (Phi) is 4.56. The maximum absolute atomic E-state index is 14.4. The van der Waals surface area contributed by atoms with Crippen molar-refractivity contribution in [1.82, 2.24) is 10.6 Å². The van der Waals surface area contributed by atoms with Crippen molar-refractivity contribution in [3.63, 3.8) is 0 Å². The molecule has 0 aromatic heterocycles. The molecular formula is C16H19F2N3O2. The average Bonchev–Trinajstić information content (AvgIpc) is 2.50. The van der Waals surface area contributed by atoms with Gasteiger partial charge in [-0.05, 0) is 50.4 Å². The molecule has 2 heterocycles. The first kappa shape index (κ1) is 15.9. The second kappa shape index (κ2) is 6.62. The number of hydrogen-bond donors (Lipinski definition) is 3. The van der Waals surface area contributed by atoms with Crippen LogP contribution in [-0.2, 0) is 9.59 Å². The number of carbonyl (C=O) groups excluding carboxylic acids is 2. The van der Waals surface area contributed by atoms with Gasteiger partial charge in [0.1, 0.15) is 17.7 Å². The molecule has 1 aromatic rings. The summed E-state index contributed by atoms with van der Waals surface area (Å²) in [6.07, 6.45) is 1.92. The van der Waals surface area contributed by atoms with Gasteiger partial charge in [0, 0.05) is 17.7 Å². The highest BCUT2D eigenvalue weighted by Gasteiger charge is 2.28. The molecule has 2 amide bonds. The fraction of sp³-hybridized carbons (Fsp3) is 0.500. The molecule has 0 aliphatic carbocycles. The molecule has 2 saturated heterocycles. The van der Waals surface area contributed by atoms with Gasteiger partial charge in [0.25, 0.3) is 0 Å². The topological polar surface area (TPSA) is 70.2 Å². The van der Waals surface area contributed by atoms with Crippen LogP contribution in [0.2, 0.25) is 0 Å². The summed E-state index contributed by atoms with van der Waals surface area (Å²) in [5.41, 5.74) is 0.340. The molecular weight excluding hydrogens is 304 g/mol. The zero-order chi connectivity index (χ0) is 16.4. The third-order valence-corrected chi connectivity index (χ3v) is 4.41. The smallest absolute Gasteiger partial charge is 0.249 e. The monoisotopic (exact) mass is 323 g/mol. The van der Waals surface area contributed by atoms with E-state index >= 15 is 0 Å². The van der Waals surface area contributed by atoms with E-state index in [0.29, 0.717) is 19.3 Å². The van der Waals surface area contributed by atoms with E-state index in [1.165, 1.54) is 12.1 Å². The van der Waals surface area contributed by atoms with E-state index in [0.717, 1.165) is 13.1 Å². The molecule has 0 radical (unpaired) electrons. The minimum Gasteiger partial charge on any atom is -0.373 e. The normalized spacial score (nSPS) is 22.8. The lowest BCUT2D eigenvalue weighted by molar-refractivity contribution is -0.133. The number of nitrogens with one attached hydrogen (secondary N) is 3. The summed E-state index contributed by atoms with van der Waals surface area (Å²) in [5.74, 6) is -2.10. The highest BCUT2D eigenvalue weighted by Crippen LogP contribution is 2.32. The van der Waals surface area contributed by atoms with E-state index in [1.54, 1.807) is 0 Å². The molecule has 2 aliphatic heterocycles. The first-order valence-corrected chi connectivity index (χ1v) is 7.84. The van der Waals surface area contributed by atoms with Crippen molar-refractivity contribution in [2.45, 2.75) is 37.6 Å². The van der Waals surface area contributed by atoms with Gasteiger partial charge in [-0.2, -0.15) is 0 Å². The van der Waals surface area contributed by atoms with Gasteiger partial charge in [-0.3, -0.25) is 14.9 Å². The molecule has 1 unspecified atom stereocenters. The summed E-state index contributed by atoms with van der Waals surface area (Å²) >= 11 is 0. The molecule has 23 heavy (non-hydrogen) atoms. The van der Waals surface area contributed by atoms with Crippen LogP contribution >= 0.6 is 0 Å². The number of anilines is 1. The van der Waals surface area contributed by atoms with Gasteiger partial charge in [-0.25, -0.2) is 8.78 Å². The molecule has 1 aromatic carbocycles. The number of carbonyl (C=O) groups is 2. The van der Waals surface area contributed by atoms with Crippen molar-refractivity contribution >= 4 is 17.5 Å². The largest absolute Gasteiger partial charge is 0.373 e. The summed E-state index contributed by atoms with van der Waals surface area (Å²) in [5, 5.41) is 8.18. The Hall–Kier alpha value is -2.02. The van der Waals surface area contributed by atoms with Crippen molar-refractivity contribution in [1.29, 1.82) is 0 Å². The van der Waals surface area contributed by atoms with Crippen LogP contribution in [0, 0.1) is 11.6 Å². The molecule has 0 bridgehead atoms. The van der Waals surface area contributed by atoms with Gasteiger partial charge < -0.3 is 10.6 Å². The Morgan fingerprint density at radius 1 is 1.04 bits per heavy atom. The molecule has 1 atom stereocenters. The van der Waals surface area contributed by atoms with Gasteiger partial charge in [-0.15, -0.1) is 0 Å². The van der Waals surface area contributed by atoms with Crippen LogP contribution in [0.5, 0.6) is 0 Å². The van der Waals surface area contributed by atoms with E-state index in [-0.39, 0.29) is 29.5 Å². The predicted octanol–water partition coefficient (Wildman–Crippen LogP) is 1.65. The van der Waals surface area contributed by atoms with Crippen LogP contribution in [0.4, 0.5) is 14.5 Å². The third kappa shape index (κ3) is 3.50. The average molecular weight is 323 g/mol. The summed E-state index contributed by atoms with van der Waals surface area (Å²) in [6, 6.07) is 1.80. The van der Waals surface area contributed by atoms with Gasteiger partial charge in [0.2, 0.25) is 11.8 Å². The Morgan fingerprint density at radius 3 is 2.30 bits per heavy atom. The van der Waals surface area contributed by atoms with Gasteiger partial charge in [-0.1, -0.05) is 0 Å². The highest BCUT2D eigenvalue weighted by molar-refractivity contribution is 6.01. The van der Waals surface area contributed by atoms with Crippen LogP contribution in [0.25, 0.3) is 0 Å². The first-order chi connectivity index (χ1) is 11.0. The van der Waals surface area contributed by atoms with Crippen LogP contribution in [-0.4, -0.2) is 30.9 Å². The lowest BCUT2D eigenvalue weighted by Gasteiger charge is -2.25. The van der Waals surface area contributed by atoms with Crippen molar-refractivity contribution in [2.24, 2.45) is 0 Å². The Labute approximate surface area is 132 Å². The number of amides is 2. The fourth-order valence-corrected chi connectivity index (χ4v) is 3.20. The Balaban J connectivity index is 1.76. The van der Waals surface area contributed by atoms with E-state index in [1.807, 2.05) is 0 Å². The van der Waals surface area contributed by atoms with Gasteiger partial charge in [0.15, 0.2) is 0 Å². The Bertz CT molecular complexity index is 607. The number of hydrogen-bond acceptors (Lipinski definition) is 4. The zero-order valence-electron chi connectivity index (χ0n) is 12.6. The van der Waals surface area contributed by atoms with E-state index in [9.17, 15) is 18.4 Å². The summed E-state index contributed by atoms with van der Waals surface area (Å²) in [7, 11) is 0. The van der Waals surface area contributed by atoms with Crippen LogP contribution in [0.3, 0.4) is 0 Å². The first-order valence-electron chi connectivity index (χ1n) is 7.84. The lowest BCUT2D eigenvalue weighted by Crippen LogP contribution is -2.47. The number of imide groups is 1. The van der Waals surface area contributed by atoms with Gasteiger partial charge >= 0.3 is 0 Å². The second-order valence-corrected chi connectivity index (χ2v) is 6.03. The maximum Gasteiger partial charge on any atom is 0.249 e. The van der Waals surface area contributed by atoms with E-state index < -0.39 is 23.6 Å². The molecule has 0 spiro atoms. The third-order valence-electron chi connectivity index (χ3n) is 4.41. The fourth-order valence-electron chi connectivity index (χ4n) is 3.20. The Morgan fingerprint density at radius 2 is 1.70 bits per heavy atom. The summed E-state index contributed by atoms with van der Waals surface area (Å²) in [6.45, 7) is 1.50. The summed E-state index contributed by atoms with van der Waals surface area (Å²) in [4.78, 5) is 22.8. The van der Waals surface area contributed by atoms with E-state index in [2.05, 4.69) is 16.0 Å². The maximum atomic E-state index is 14.4. The molecule has 0 saturated carbocycles. The van der Waals surface area contributed by atoms with Crippen molar-refractivity contribution < 1.29 is 18.4 Å². The predicted molar refractivity (Wildman–Crippen MR) is 81.0 cm³/mol. The van der Waals surface area contributed by atoms with Gasteiger partial charge in [0.05, 0.1) is 0 Å². The van der Waals surface area contributed by atoms with Crippen molar-refractivity contribution in [2.75, 3.05) is 18.4 Å². The molecule has 3 N–H and O–H groups in total. The molecule has 124 valence electrons. The molecule has 5 nitrogen and oxygen atoms in total. The molecule has 2 aliphatic rings. The number of rotatable bonds is 3. The standard InChI is InChI=1S/C16H19F2N3O2/c17-11-7-10(20-13-1-2-14(22)21-16(13)23)8-12(18)15(11)9-3-5-19-6-4-9/h7-9,13,19-20H,1-6H2,(H,21,22,23). The highest BCUT2D eigenvalue weighted by atomic mass is 19.1. The van der Waals surface area contributed by atoms with Crippen molar-refractivity contribution in [3.05, 3.63) is 29.3 Å². The minimum absolute atomic E-state index is 0.124. The molecule has 3 rings (SSSR count). The minimum atomic E-state index is -0.656. The van der Waals surface area contributed by atoms with Crippen LogP contribution < -0.4 is 16.0 Å². The second-order valence-electron chi connectivity index (χ2n) is 6.03. The quantitative estimate of drug-likeness (QED) is 0.740. The number of piperidine rings is 2.